The molecule has 1 aromatic carbocycles. The molecule has 9 heteroatoms. The first-order valence-corrected chi connectivity index (χ1v) is 12.6. The van der Waals surface area contributed by atoms with Crippen molar-refractivity contribution in [3.63, 3.8) is 0 Å². The van der Waals surface area contributed by atoms with Crippen molar-refractivity contribution in [1.29, 1.82) is 0 Å². The van der Waals surface area contributed by atoms with Crippen LogP contribution in [0.25, 0.3) is 0 Å². The number of methoxy groups -OCH3 is 1. The van der Waals surface area contributed by atoms with Gasteiger partial charge in [-0.15, -0.1) is 0 Å². The van der Waals surface area contributed by atoms with Gasteiger partial charge in [0.25, 0.3) is 5.91 Å². The van der Waals surface area contributed by atoms with E-state index in [1.807, 2.05) is 10.8 Å². The second-order valence-corrected chi connectivity index (χ2v) is 10.3. The summed E-state index contributed by atoms with van der Waals surface area (Å²) in [5, 5.41) is 3.50. The molecule has 1 aliphatic rings. The third-order valence-corrected chi connectivity index (χ3v) is 7.28. The Labute approximate surface area is 186 Å². The number of hydrogen-bond acceptors (Lipinski definition) is 6. The highest BCUT2D eigenvalue weighted by atomic mass is 35.5. The average molecular weight is 460 g/mol. The quantitative estimate of drug-likeness (QED) is 0.428. The van der Waals surface area contributed by atoms with Crippen LogP contribution in [0.1, 0.15) is 23.2 Å². The fourth-order valence-electron chi connectivity index (χ4n) is 3.09. The maximum atomic E-state index is 13.0. The van der Waals surface area contributed by atoms with E-state index in [2.05, 4.69) is 24.3 Å². The highest BCUT2D eigenvalue weighted by Crippen LogP contribution is 2.26. The minimum atomic E-state index is -0.177. The number of amides is 2. The number of piperidine rings is 1. The lowest BCUT2D eigenvalue weighted by Gasteiger charge is -2.32. The SMILES string of the molecule is COc1ccc(Cl)cc1C(=O)N1CCC[C@@H](C(=O)NCCSSCCN(C)C)C1. The molecule has 1 heterocycles. The summed E-state index contributed by atoms with van der Waals surface area (Å²) in [6.45, 7) is 2.75. The van der Waals surface area contributed by atoms with E-state index in [1.165, 1.54) is 7.11 Å². The van der Waals surface area contributed by atoms with Gasteiger partial charge in [0, 0.05) is 42.7 Å². The summed E-state index contributed by atoms with van der Waals surface area (Å²) in [6.07, 6.45) is 1.61. The molecule has 0 aliphatic carbocycles. The lowest BCUT2D eigenvalue weighted by molar-refractivity contribution is -0.126. The number of carbonyl (C=O) groups excluding carboxylic acids is 2. The molecule has 0 saturated carbocycles. The molecular weight excluding hydrogens is 430 g/mol. The van der Waals surface area contributed by atoms with E-state index in [1.54, 1.807) is 33.9 Å². The first-order valence-electron chi connectivity index (χ1n) is 9.72. The Kier molecular flexibility index (Phi) is 10.5. The largest absolute Gasteiger partial charge is 0.496 e. The summed E-state index contributed by atoms with van der Waals surface area (Å²) in [7, 11) is 9.25. The van der Waals surface area contributed by atoms with Crippen molar-refractivity contribution in [2.45, 2.75) is 12.8 Å². The number of ether oxygens (including phenoxy) is 1. The van der Waals surface area contributed by atoms with Gasteiger partial charge in [-0.25, -0.2) is 0 Å². The predicted octanol–water partition coefficient (Wildman–Crippen LogP) is 3.26. The van der Waals surface area contributed by atoms with Crippen LogP contribution in [0.3, 0.4) is 0 Å². The van der Waals surface area contributed by atoms with E-state index in [0.29, 0.717) is 36.0 Å². The van der Waals surface area contributed by atoms with Gasteiger partial charge in [0.1, 0.15) is 5.75 Å². The summed E-state index contributed by atoms with van der Waals surface area (Å²) in [5.41, 5.74) is 0.437. The molecule has 1 aliphatic heterocycles. The summed E-state index contributed by atoms with van der Waals surface area (Å²) < 4.78 is 5.30. The van der Waals surface area contributed by atoms with Crippen LogP contribution >= 0.6 is 33.2 Å². The van der Waals surface area contributed by atoms with Crippen molar-refractivity contribution < 1.29 is 14.3 Å². The van der Waals surface area contributed by atoms with E-state index in [4.69, 9.17) is 16.3 Å². The molecule has 0 bridgehead atoms. The average Bonchev–Trinajstić information content (AvgIpc) is 2.72. The molecule has 6 nitrogen and oxygen atoms in total. The summed E-state index contributed by atoms with van der Waals surface area (Å²) in [5.74, 6) is 2.14. The zero-order valence-corrected chi connectivity index (χ0v) is 19.7. The Morgan fingerprint density at radius 3 is 2.79 bits per heavy atom. The van der Waals surface area contributed by atoms with Crippen molar-refractivity contribution in [1.82, 2.24) is 15.1 Å². The first-order chi connectivity index (χ1) is 13.9. The maximum absolute atomic E-state index is 13.0. The van der Waals surface area contributed by atoms with Crippen molar-refractivity contribution in [2.24, 2.45) is 5.92 Å². The molecule has 0 unspecified atom stereocenters. The third-order valence-electron chi connectivity index (χ3n) is 4.66. The van der Waals surface area contributed by atoms with Gasteiger partial charge < -0.3 is 19.9 Å². The van der Waals surface area contributed by atoms with Crippen LogP contribution < -0.4 is 10.1 Å². The zero-order valence-electron chi connectivity index (χ0n) is 17.3. The smallest absolute Gasteiger partial charge is 0.257 e. The van der Waals surface area contributed by atoms with Gasteiger partial charge in [0.15, 0.2) is 0 Å². The molecule has 162 valence electrons. The number of hydrogen-bond donors (Lipinski definition) is 1. The van der Waals surface area contributed by atoms with Crippen LogP contribution in [0.5, 0.6) is 5.75 Å². The fourth-order valence-corrected chi connectivity index (χ4v) is 5.30. The number of nitrogens with one attached hydrogen (secondary N) is 1. The van der Waals surface area contributed by atoms with Crippen LogP contribution in [-0.4, -0.2) is 80.5 Å². The summed E-state index contributed by atoms with van der Waals surface area (Å²) in [4.78, 5) is 29.4. The molecule has 2 amide bonds. The standard InChI is InChI=1S/C20H30ClN3O3S2/c1-23(2)10-12-29-28-11-8-22-19(25)15-5-4-9-24(14-15)20(26)17-13-16(21)6-7-18(17)27-3/h6-7,13,15H,4-5,8-12,14H2,1-3H3,(H,22,25)/t15-/m1/s1. The number of benzene rings is 1. The fraction of sp³-hybridized carbons (Fsp3) is 0.600. The number of carbonyl (C=O) groups is 2. The molecule has 2 rings (SSSR count). The molecular formula is C20H30ClN3O3S2. The molecule has 0 radical (unpaired) electrons. The van der Waals surface area contributed by atoms with Crippen molar-refractivity contribution >= 4 is 45.0 Å². The molecule has 1 N–H and O–H groups in total. The highest BCUT2D eigenvalue weighted by Gasteiger charge is 2.30. The minimum absolute atomic E-state index is 0.0273. The minimum Gasteiger partial charge on any atom is -0.496 e. The number of rotatable bonds is 10. The Bertz CT molecular complexity index is 691. The third kappa shape index (κ3) is 7.92. The van der Waals surface area contributed by atoms with Crippen LogP contribution in [0.4, 0.5) is 0 Å². The van der Waals surface area contributed by atoms with Gasteiger partial charge in [-0.3, -0.25) is 9.59 Å². The van der Waals surface area contributed by atoms with Crippen LogP contribution in [0, 0.1) is 5.92 Å². The van der Waals surface area contributed by atoms with E-state index < -0.39 is 0 Å². The molecule has 0 aromatic heterocycles. The van der Waals surface area contributed by atoms with E-state index in [-0.39, 0.29) is 17.7 Å². The number of likely N-dealkylation sites (tertiary alicyclic amines) is 1. The Morgan fingerprint density at radius 1 is 1.31 bits per heavy atom. The lowest BCUT2D eigenvalue weighted by Crippen LogP contribution is -2.45. The Morgan fingerprint density at radius 2 is 2.07 bits per heavy atom. The lowest BCUT2D eigenvalue weighted by atomic mass is 9.96. The highest BCUT2D eigenvalue weighted by molar-refractivity contribution is 8.76. The van der Waals surface area contributed by atoms with E-state index in [9.17, 15) is 9.59 Å². The van der Waals surface area contributed by atoms with Gasteiger partial charge >= 0.3 is 0 Å². The van der Waals surface area contributed by atoms with Gasteiger partial charge in [-0.2, -0.15) is 0 Å². The normalized spacial score (nSPS) is 16.7. The Hall–Kier alpha value is -1.09. The van der Waals surface area contributed by atoms with Gasteiger partial charge in [-0.05, 0) is 45.1 Å². The van der Waals surface area contributed by atoms with Crippen LogP contribution in [-0.2, 0) is 4.79 Å². The molecule has 0 spiro atoms. The number of nitrogens with zero attached hydrogens (tertiary/aromatic N) is 2. The van der Waals surface area contributed by atoms with Crippen molar-refractivity contribution in [3.8, 4) is 5.75 Å². The van der Waals surface area contributed by atoms with E-state index >= 15 is 0 Å². The molecule has 1 fully saturated rings. The van der Waals surface area contributed by atoms with Gasteiger partial charge in [0.2, 0.25) is 5.91 Å². The van der Waals surface area contributed by atoms with Gasteiger partial charge in [-0.1, -0.05) is 33.2 Å². The second kappa shape index (κ2) is 12.6. The van der Waals surface area contributed by atoms with Crippen LogP contribution in [0.15, 0.2) is 18.2 Å². The zero-order chi connectivity index (χ0) is 21.2. The molecule has 1 atom stereocenters. The van der Waals surface area contributed by atoms with Crippen LogP contribution in [0.2, 0.25) is 5.02 Å². The summed E-state index contributed by atoms with van der Waals surface area (Å²) >= 11 is 6.06. The monoisotopic (exact) mass is 459 g/mol. The topological polar surface area (TPSA) is 61.9 Å². The van der Waals surface area contributed by atoms with Gasteiger partial charge in [0.05, 0.1) is 18.6 Å². The molecule has 1 aromatic rings. The van der Waals surface area contributed by atoms with Crippen molar-refractivity contribution in [3.05, 3.63) is 28.8 Å². The second-order valence-electron chi connectivity index (χ2n) is 7.17. The summed E-state index contributed by atoms with van der Waals surface area (Å²) in [6, 6.07) is 5.01. The van der Waals surface area contributed by atoms with E-state index in [0.717, 1.165) is 30.9 Å². The molecule has 1 saturated heterocycles. The Balaban J connectivity index is 1.80. The maximum Gasteiger partial charge on any atom is 0.257 e. The predicted molar refractivity (Wildman–Crippen MR) is 123 cm³/mol. The molecule has 29 heavy (non-hydrogen) atoms. The number of halogens is 1. The van der Waals surface area contributed by atoms with Crippen molar-refractivity contribution in [2.75, 3.05) is 58.9 Å². The first kappa shape index (κ1) is 24.2.